The van der Waals surface area contributed by atoms with Crippen LogP contribution in [0, 0.1) is 13.8 Å². The molecule has 1 amide bonds. The lowest BCUT2D eigenvalue weighted by Crippen LogP contribution is -2.49. The number of hydrogen-bond acceptors (Lipinski definition) is 6. The van der Waals surface area contributed by atoms with E-state index in [-0.39, 0.29) is 5.91 Å². The molecule has 0 spiro atoms. The minimum absolute atomic E-state index is 0.0550. The van der Waals surface area contributed by atoms with Crippen molar-refractivity contribution in [2.24, 2.45) is 0 Å². The highest BCUT2D eigenvalue weighted by molar-refractivity contribution is 5.95. The van der Waals surface area contributed by atoms with Gasteiger partial charge in [-0.15, -0.1) is 0 Å². The van der Waals surface area contributed by atoms with Crippen molar-refractivity contribution in [3.63, 3.8) is 0 Å². The van der Waals surface area contributed by atoms with E-state index in [9.17, 15) is 4.79 Å². The first-order valence-electron chi connectivity index (χ1n) is 9.30. The average Bonchev–Trinajstić information content (AvgIpc) is 3.31. The number of anilines is 2. The van der Waals surface area contributed by atoms with Crippen LogP contribution in [0.15, 0.2) is 22.9 Å². The molecule has 138 valence electrons. The van der Waals surface area contributed by atoms with E-state index in [1.807, 2.05) is 24.8 Å². The van der Waals surface area contributed by atoms with Gasteiger partial charge in [0.2, 0.25) is 0 Å². The Hall–Kier alpha value is -2.57. The van der Waals surface area contributed by atoms with Crippen molar-refractivity contribution in [2.75, 3.05) is 49.1 Å². The molecule has 0 saturated carbocycles. The molecule has 0 unspecified atom stereocenters. The molecule has 7 heteroatoms. The van der Waals surface area contributed by atoms with Crippen LogP contribution < -0.4 is 9.80 Å². The van der Waals surface area contributed by atoms with Gasteiger partial charge >= 0.3 is 0 Å². The van der Waals surface area contributed by atoms with Gasteiger partial charge in [0.15, 0.2) is 0 Å². The summed E-state index contributed by atoms with van der Waals surface area (Å²) in [5, 5.41) is 0. The Kier molecular flexibility index (Phi) is 4.53. The lowest BCUT2D eigenvalue weighted by molar-refractivity contribution is 0.0744. The second-order valence-electron chi connectivity index (χ2n) is 7.03. The third-order valence-electron chi connectivity index (χ3n) is 5.23. The van der Waals surface area contributed by atoms with Crippen molar-refractivity contribution in [2.45, 2.75) is 26.7 Å². The standard InChI is InChI=1S/C19H25N5O2/c1-14-11-16(15(2)26-14)19(25)24-9-7-23(8-10-24)18-12-17(20-13-21-18)22-5-3-4-6-22/h11-13H,3-10H2,1-2H3. The van der Waals surface area contributed by atoms with Gasteiger partial charge in [0, 0.05) is 45.3 Å². The van der Waals surface area contributed by atoms with Gasteiger partial charge in [-0.2, -0.15) is 0 Å². The van der Waals surface area contributed by atoms with Crippen molar-refractivity contribution in [1.82, 2.24) is 14.9 Å². The molecule has 4 rings (SSSR count). The number of amides is 1. The van der Waals surface area contributed by atoms with Crippen molar-refractivity contribution < 1.29 is 9.21 Å². The fourth-order valence-corrected chi connectivity index (χ4v) is 3.78. The summed E-state index contributed by atoms with van der Waals surface area (Å²) in [6.07, 6.45) is 4.11. The number of nitrogens with zero attached hydrogens (tertiary/aromatic N) is 5. The highest BCUT2D eigenvalue weighted by Crippen LogP contribution is 2.23. The molecule has 0 aromatic carbocycles. The Bertz CT molecular complexity index is 789. The molecule has 0 bridgehead atoms. The van der Waals surface area contributed by atoms with Crippen LogP contribution in [0.25, 0.3) is 0 Å². The number of aromatic nitrogens is 2. The largest absolute Gasteiger partial charge is 0.466 e. The van der Waals surface area contributed by atoms with Crippen molar-refractivity contribution in [3.05, 3.63) is 35.5 Å². The summed E-state index contributed by atoms with van der Waals surface area (Å²) in [4.78, 5) is 28.0. The summed E-state index contributed by atoms with van der Waals surface area (Å²) in [7, 11) is 0. The lowest BCUT2D eigenvalue weighted by atomic mass is 10.2. The molecule has 0 aliphatic carbocycles. The van der Waals surface area contributed by atoms with E-state index in [1.54, 1.807) is 6.33 Å². The van der Waals surface area contributed by atoms with Crippen LogP contribution in [0.5, 0.6) is 0 Å². The molecule has 0 atom stereocenters. The molecule has 2 aromatic heterocycles. The Labute approximate surface area is 153 Å². The van der Waals surface area contributed by atoms with Gasteiger partial charge in [-0.25, -0.2) is 9.97 Å². The highest BCUT2D eigenvalue weighted by Gasteiger charge is 2.26. The molecule has 2 aliphatic heterocycles. The summed E-state index contributed by atoms with van der Waals surface area (Å²) >= 11 is 0. The first-order valence-corrected chi connectivity index (χ1v) is 9.30. The van der Waals surface area contributed by atoms with Crippen LogP contribution in [-0.4, -0.2) is 60.0 Å². The minimum Gasteiger partial charge on any atom is -0.466 e. The molecule has 0 radical (unpaired) electrons. The summed E-state index contributed by atoms with van der Waals surface area (Å²) < 4.78 is 5.50. The topological polar surface area (TPSA) is 65.7 Å². The highest BCUT2D eigenvalue weighted by atomic mass is 16.3. The van der Waals surface area contributed by atoms with E-state index in [0.29, 0.717) is 24.4 Å². The first kappa shape index (κ1) is 16.9. The molecular weight excluding hydrogens is 330 g/mol. The number of rotatable bonds is 3. The van der Waals surface area contributed by atoms with Gasteiger partial charge in [-0.3, -0.25) is 4.79 Å². The summed E-state index contributed by atoms with van der Waals surface area (Å²) in [6, 6.07) is 3.91. The van der Waals surface area contributed by atoms with Crippen molar-refractivity contribution >= 4 is 17.5 Å². The zero-order valence-electron chi connectivity index (χ0n) is 15.4. The number of hydrogen-bond donors (Lipinski definition) is 0. The first-order chi connectivity index (χ1) is 12.6. The molecule has 0 N–H and O–H groups in total. The summed E-state index contributed by atoms with van der Waals surface area (Å²) in [6.45, 7) is 8.78. The quantitative estimate of drug-likeness (QED) is 0.841. The fourth-order valence-electron chi connectivity index (χ4n) is 3.78. The maximum atomic E-state index is 12.7. The zero-order chi connectivity index (χ0) is 18.1. The van der Waals surface area contributed by atoms with Crippen molar-refractivity contribution in [1.29, 1.82) is 0 Å². The van der Waals surface area contributed by atoms with E-state index < -0.39 is 0 Å². The van der Waals surface area contributed by atoms with Gasteiger partial charge < -0.3 is 19.1 Å². The predicted octanol–water partition coefficient (Wildman–Crippen LogP) is 2.25. The van der Waals surface area contributed by atoms with E-state index in [2.05, 4.69) is 25.8 Å². The maximum absolute atomic E-state index is 12.7. The fraction of sp³-hybridized carbons (Fsp3) is 0.526. The number of aryl methyl sites for hydroxylation is 2. The van der Waals surface area contributed by atoms with Crippen LogP contribution in [0.4, 0.5) is 11.6 Å². The van der Waals surface area contributed by atoms with Crippen LogP contribution in [0.2, 0.25) is 0 Å². The third-order valence-corrected chi connectivity index (χ3v) is 5.23. The van der Waals surface area contributed by atoms with E-state index in [0.717, 1.165) is 43.6 Å². The maximum Gasteiger partial charge on any atom is 0.257 e. The average molecular weight is 355 g/mol. The van der Waals surface area contributed by atoms with Gasteiger partial charge in [-0.1, -0.05) is 0 Å². The molecule has 4 heterocycles. The molecule has 2 aliphatic rings. The van der Waals surface area contributed by atoms with Gasteiger partial charge in [0.05, 0.1) is 5.56 Å². The van der Waals surface area contributed by atoms with Gasteiger partial charge in [-0.05, 0) is 32.8 Å². The molecule has 7 nitrogen and oxygen atoms in total. The lowest BCUT2D eigenvalue weighted by Gasteiger charge is -2.35. The van der Waals surface area contributed by atoms with E-state index in [1.165, 1.54) is 12.8 Å². The van der Waals surface area contributed by atoms with Gasteiger partial charge in [0.1, 0.15) is 29.5 Å². The van der Waals surface area contributed by atoms with Crippen molar-refractivity contribution in [3.8, 4) is 0 Å². The Balaban J connectivity index is 1.41. The Morgan fingerprint density at radius 2 is 1.54 bits per heavy atom. The second-order valence-corrected chi connectivity index (χ2v) is 7.03. The normalized spacial score (nSPS) is 17.8. The van der Waals surface area contributed by atoms with E-state index >= 15 is 0 Å². The molecule has 2 saturated heterocycles. The number of piperazine rings is 1. The molecule has 2 fully saturated rings. The Morgan fingerprint density at radius 3 is 2.12 bits per heavy atom. The summed E-state index contributed by atoms with van der Waals surface area (Å²) in [5.74, 6) is 3.49. The smallest absolute Gasteiger partial charge is 0.257 e. The predicted molar refractivity (Wildman–Crippen MR) is 99.8 cm³/mol. The number of carbonyl (C=O) groups excluding carboxylic acids is 1. The van der Waals surface area contributed by atoms with Gasteiger partial charge in [0.25, 0.3) is 5.91 Å². The molecule has 2 aromatic rings. The molecular formula is C19H25N5O2. The van der Waals surface area contributed by atoms with E-state index in [4.69, 9.17) is 4.42 Å². The molecule has 26 heavy (non-hydrogen) atoms. The number of carbonyl (C=O) groups is 1. The van der Waals surface area contributed by atoms with Crippen LogP contribution in [-0.2, 0) is 0 Å². The zero-order valence-corrected chi connectivity index (χ0v) is 15.4. The number of furan rings is 1. The Morgan fingerprint density at radius 1 is 0.923 bits per heavy atom. The van der Waals surface area contributed by atoms with Crippen LogP contribution in [0.1, 0.15) is 34.7 Å². The second kappa shape index (κ2) is 6.97. The summed E-state index contributed by atoms with van der Waals surface area (Å²) in [5.41, 5.74) is 0.675. The van der Waals surface area contributed by atoms with Crippen LogP contribution in [0.3, 0.4) is 0 Å². The third kappa shape index (κ3) is 3.25. The van der Waals surface area contributed by atoms with Crippen LogP contribution >= 0.6 is 0 Å². The monoisotopic (exact) mass is 355 g/mol. The SMILES string of the molecule is Cc1cc(C(=O)N2CCN(c3cc(N4CCCC4)ncn3)CC2)c(C)o1. The minimum atomic E-state index is 0.0550.